The Hall–Kier alpha value is 1.86. The van der Waals surface area contributed by atoms with Crippen molar-refractivity contribution in [1.29, 1.82) is 0 Å². The van der Waals surface area contributed by atoms with Gasteiger partial charge in [0.2, 0.25) is 0 Å². The maximum atomic E-state index is 9.21. The van der Waals surface area contributed by atoms with E-state index in [-0.39, 0.29) is 52.1 Å². The predicted molar refractivity (Wildman–Crippen MR) is 20.6 cm³/mol. The molecule has 0 rings (SSSR count). The molecule has 0 aromatic carbocycles. The molecular formula is H3CoLiMnNiO4S. The van der Waals surface area contributed by atoms with Crippen LogP contribution in [0, 0.1) is 0 Å². The van der Waals surface area contributed by atoms with Crippen LogP contribution >= 0.6 is 10.6 Å². The van der Waals surface area contributed by atoms with Crippen LogP contribution in [0.15, 0.2) is 0 Å². The van der Waals surface area contributed by atoms with E-state index in [0.717, 1.165) is 0 Å². The molecule has 1 radical (unpaired) electrons. The summed E-state index contributed by atoms with van der Waals surface area (Å²) in [6.45, 7) is 0. The van der Waals surface area contributed by atoms with Crippen molar-refractivity contribution in [2.45, 2.75) is 0 Å². The number of rotatable bonds is 0. The van der Waals surface area contributed by atoms with Crippen LogP contribution in [0.1, 0.15) is 0 Å². The summed E-state index contributed by atoms with van der Waals surface area (Å²) in [5, 5.41) is 0. The van der Waals surface area contributed by atoms with E-state index in [4.69, 9.17) is 8.38 Å². The molecule has 0 spiro atoms. The zero-order valence-electron chi connectivity index (χ0n) is 3.15. The zero-order chi connectivity index (χ0) is 5.45. The minimum absolute atomic E-state index is 0. The zero-order valence-corrected chi connectivity index (χ0v) is 7.17. The van der Waals surface area contributed by atoms with Crippen LogP contribution in [-0.2, 0) is 51.6 Å². The average Bonchev–Trinajstić information content (AvgIpc) is 0.650. The third-order valence-corrected chi connectivity index (χ3v) is 0. The van der Waals surface area contributed by atoms with Crippen LogP contribution in [0.5, 0.6) is 0 Å². The Bertz CT molecular complexity index is 199. The van der Waals surface area contributed by atoms with Gasteiger partial charge in [-0.3, -0.25) is 0 Å². The van der Waals surface area contributed by atoms with Crippen LogP contribution in [-0.4, -0.2) is 27.2 Å². The Kier molecular flexibility index (Phi) is 13.7. The third kappa shape index (κ3) is 176. The fourth-order valence-electron chi connectivity index (χ4n) is 0. The third-order valence-electron chi connectivity index (χ3n) is 0. The van der Waals surface area contributed by atoms with Gasteiger partial charge in [-0.1, -0.05) is 0 Å². The second-order valence-electron chi connectivity index (χ2n) is 0.679. The maximum absolute atomic E-state index is 9.21. The minimum atomic E-state index is -6.18. The first kappa shape index (κ1) is 22.4. The molecule has 60 valence electrons. The number of hydrogen-bond acceptors (Lipinski definition) is 3. The van der Waals surface area contributed by atoms with Gasteiger partial charge in [-0.15, -0.1) is 0 Å². The molecule has 0 saturated carbocycles. The Morgan fingerprint density at radius 2 is 1.22 bits per heavy atom. The molecule has 0 aromatic heterocycles. The van der Waals surface area contributed by atoms with Crippen molar-refractivity contribution < 1.29 is 60.0 Å². The van der Waals surface area contributed by atoms with Gasteiger partial charge in [-0.05, 0) is 0 Å². The van der Waals surface area contributed by atoms with E-state index in [9.17, 15) is 7.67 Å². The molecule has 9 heavy (non-hydrogen) atoms. The molecule has 0 bridgehead atoms. The summed E-state index contributed by atoms with van der Waals surface area (Å²) < 4.78 is 33.2. The van der Waals surface area contributed by atoms with Gasteiger partial charge in [0.25, 0.3) is 0 Å². The molecule has 0 unspecified atom stereocenters. The fraction of sp³-hybridized carbons (Fsp3) is 0. The van der Waals surface area contributed by atoms with Crippen LogP contribution in [0.25, 0.3) is 0 Å². The van der Waals surface area contributed by atoms with Crippen LogP contribution in [0.4, 0.5) is 0 Å². The molecule has 0 heterocycles. The van der Waals surface area contributed by atoms with E-state index in [2.05, 4.69) is 10.6 Å². The second-order valence-corrected chi connectivity index (χ2v) is 4.98. The average molecular weight is 279 g/mol. The van der Waals surface area contributed by atoms with E-state index in [1.54, 1.807) is 0 Å². The first-order valence-electron chi connectivity index (χ1n) is 0.801. The summed E-state index contributed by atoms with van der Waals surface area (Å²) in [6.07, 6.45) is 0. The van der Waals surface area contributed by atoms with E-state index in [0.29, 0.717) is 0 Å². The van der Waals surface area contributed by atoms with Crippen molar-refractivity contribution in [3.05, 3.63) is 0 Å². The molecule has 0 aliphatic heterocycles. The fourth-order valence-corrected chi connectivity index (χ4v) is 0. The Morgan fingerprint density at radius 3 is 1.22 bits per heavy atom. The summed E-state index contributed by atoms with van der Waals surface area (Å²) in [4.78, 5) is 0. The summed E-state index contributed by atoms with van der Waals surface area (Å²) in [7, 11) is -2.99. The predicted octanol–water partition coefficient (Wildman–Crippen LogP) is -1.36. The molecule has 0 aromatic rings. The van der Waals surface area contributed by atoms with Gasteiger partial charge < -0.3 is 0 Å². The van der Waals surface area contributed by atoms with Crippen molar-refractivity contribution in [3.63, 3.8) is 0 Å². The van der Waals surface area contributed by atoms with Crippen molar-refractivity contribution >= 4 is 29.4 Å². The van der Waals surface area contributed by atoms with Gasteiger partial charge in [0, 0.05) is 33.3 Å². The summed E-state index contributed by atoms with van der Waals surface area (Å²) in [6, 6.07) is 0. The van der Waals surface area contributed by atoms with Gasteiger partial charge >= 0.3 is 56.1 Å². The summed E-state index contributed by atoms with van der Waals surface area (Å²) >= 11 is 0. The monoisotopic (exact) mass is 278 g/mol. The second kappa shape index (κ2) is 5.50. The van der Waals surface area contributed by atoms with E-state index in [1.807, 2.05) is 0 Å². The van der Waals surface area contributed by atoms with Gasteiger partial charge in [-0.25, -0.2) is 0 Å². The van der Waals surface area contributed by atoms with Gasteiger partial charge in [0.15, 0.2) is 0 Å². The Balaban J connectivity index is -0.0000000417. The first-order valence-corrected chi connectivity index (χ1v) is 4.57. The molecule has 0 amide bonds. The van der Waals surface area contributed by atoms with Crippen LogP contribution in [0.2, 0.25) is 0 Å². The van der Waals surface area contributed by atoms with Gasteiger partial charge in [0.05, 0.1) is 0 Å². The Labute approximate surface area is 88.6 Å². The molecule has 0 aliphatic rings. The molecule has 2 N–H and O–H groups in total. The van der Waals surface area contributed by atoms with Crippen molar-refractivity contribution in [2.24, 2.45) is 0 Å². The van der Waals surface area contributed by atoms with Crippen molar-refractivity contribution in [1.82, 2.24) is 0 Å². The van der Waals surface area contributed by atoms with E-state index in [1.165, 1.54) is 0 Å². The van der Waals surface area contributed by atoms with Crippen LogP contribution < -0.4 is 0 Å². The molecule has 4 nitrogen and oxygen atoms in total. The molecular weight excluding hydrogens is 276 g/mol. The summed E-state index contributed by atoms with van der Waals surface area (Å²) in [5.41, 5.74) is 0. The normalized spacial score (nSPS) is 12.4. The van der Waals surface area contributed by atoms with Crippen LogP contribution in [0.3, 0.4) is 0 Å². The van der Waals surface area contributed by atoms with Gasteiger partial charge in [0.1, 0.15) is 0 Å². The molecule has 0 atom stereocenters. The Morgan fingerprint density at radius 1 is 1.22 bits per heavy atom. The quantitative estimate of drug-likeness (QED) is 0.536. The summed E-state index contributed by atoms with van der Waals surface area (Å²) in [5.74, 6) is 0. The van der Waals surface area contributed by atoms with E-state index >= 15 is 0 Å². The van der Waals surface area contributed by atoms with Crippen molar-refractivity contribution in [2.75, 3.05) is 0 Å². The first-order chi connectivity index (χ1) is 2.24. The molecule has 0 fully saturated rings. The number of hydrogen-bond donors (Lipinski definition) is 2. The molecule has 9 heteroatoms. The van der Waals surface area contributed by atoms with E-state index < -0.39 is 10.7 Å². The standard InChI is InChI=1S/Co.Li.Mn.Ni.2H2O.2O.S.H/h;;;;2*1H2;;;;/q;;+2;;;;;;;/p-2. The molecule has 0 saturated heterocycles. The topological polar surface area (TPSA) is 74.6 Å². The van der Waals surface area contributed by atoms with Gasteiger partial charge in [-0.2, -0.15) is 0 Å². The molecule has 0 aliphatic carbocycles. The van der Waals surface area contributed by atoms with Crippen molar-refractivity contribution in [3.8, 4) is 0 Å². The SMILES string of the molecule is [Co].[LiH].[Ni].[O]=[Mn](=[O])([OH])([OH])=[S].